The monoisotopic (exact) mass is 564 g/mol. The number of hydrogen-bond donors (Lipinski definition) is 1. The number of para-hydroxylation sites is 1. The van der Waals surface area contributed by atoms with Crippen LogP contribution >= 0.6 is 0 Å². The summed E-state index contributed by atoms with van der Waals surface area (Å²) < 4.78 is 33.2. The van der Waals surface area contributed by atoms with Gasteiger partial charge in [0.25, 0.3) is 12.3 Å². The van der Waals surface area contributed by atoms with Crippen LogP contribution in [0.2, 0.25) is 0 Å². The van der Waals surface area contributed by atoms with Crippen molar-refractivity contribution in [1.82, 2.24) is 19.2 Å². The Balaban J connectivity index is 1.48. The fourth-order valence-electron chi connectivity index (χ4n) is 5.85. The molecule has 0 bridgehead atoms. The number of carbonyl (C=O) groups excluding carboxylic acids is 3. The van der Waals surface area contributed by atoms with Crippen molar-refractivity contribution in [1.29, 1.82) is 5.26 Å². The van der Waals surface area contributed by atoms with Gasteiger partial charge in [-0.1, -0.05) is 32.0 Å². The van der Waals surface area contributed by atoms with Crippen molar-refractivity contribution in [2.75, 3.05) is 26.0 Å². The summed E-state index contributed by atoms with van der Waals surface area (Å²) in [6.45, 7) is 3.84. The Kier molecular flexibility index (Phi) is 7.15. The van der Waals surface area contributed by atoms with Crippen LogP contribution in [0.3, 0.4) is 0 Å². The number of nitrogens with zero attached hydrogens (tertiary/aromatic N) is 5. The van der Waals surface area contributed by atoms with E-state index < -0.39 is 41.4 Å². The van der Waals surface area contributed by atoms with Crippen molar-refractivity contribution >= 4 is 29.1 Å². The molecule has 4 heterocycles. The van der Waals surface area contributed by atoms with Gasteiger partial charge in [0, 0.05) is 38.1 Å². The zero-order valence-corrected chi connectivity index (χ0v) is 23.1. The average Bonchev–Trinajstić information content (AvgIpc) is 3.64. The van der Waals surface area contributed by atoms with Crippen molar-refractivity contribution in [2.45, 2.75) is 50.6 Å². The summed E-state index contributed by atoms with van der Waals surface area (Å²) in [5.74, 6) is -1.11. The maximum atomic E-state index is 14.1. The number of methoxy groups -OCH3 is 1. The number of benzene rings is 1. The standard InChI is InChI=1S/C29H30F2N6O4/c1-16(2)9-22(35(3)26(38)17-10-23(41-4)25-33-21(24(30)31)14-36(25)13-17)27(39)37-15-29(11-18(37)12-32)19-7-5-6-8-20(19)34-28(29)40/h5-8,10,13-14,16,18,22,24H,9,11,15H2,1-4H3,(H,34,40)/t18-,22-,29-/m0/s1. The Bertz CT molecular complexity index is 1580. The van der Waals surface area contributed by atoms with Crippen LogP contribution in [0.25, 0.3) is 5.65 Å². The molecule has 5 rings (SSSR count). The third-order valence-electron chi connectivity index (χ3n) is 7.91. The topological polar surface area (TPSA) is 120 Å². The summed E-state index contributed by atoms with van der Waals surface area (Å²) in [4.78, 5) is 47.7. The molecule has 1 spiro atoms. The molecule has 0 radical (unpaired) electrons. The van der Waals surface area contributed by atoms with Crippen molar-refractivity contribution in [3.63, 3.8) is 0 Å². The molecule has 214 valence electrons. The Hall–Kier alpha value is -4.53. The van der Waals surface area contributed by atoms with Gasteiger partial charge in [-0.15, -0.1) is 0 Å². The third kappa shape index (κ3) is 4.65. The second-order valence-electron chi connectivity index (χ2n) is 11.0. The van der Waals surface area contributed by atoms with E-state index in [0.717, 1.165) is 11.8 Å². The number of nitriles is 1. The molecule has 10 nitrogen and oxygen atoms in total. The van der Waals surface area contributed by atoms with Crippen LogP contribution in [0.15, 0.2) is 42.7 Å². The molecule has 41 heavy (non-hydrogen) atoms. The van der Waals surface area contributed by atoms with Gasteiger partial charge in [-0.25, -0.2) is 13.8 Å². The molecule has 1 N–H and O–H groups in total. The first kappa shape index (κ1) is 28.0. The summed E-state index contributed by atoms with van der Waals surface area (Å²) in [7, 11) is 2.84. The molecule has 2 aliphatic rings. The van der Waals surface area contributed by atoms with Crippen LogP contribution in [0.1, 0.15) is 54.7 Å². The summed E-state index contributed by atoms with van der Waals surface area (Å²) in [5.41, 5.74) is 0.126. The van der Waals surface area contributed by atoms with E-state index in [1.807, 2.05) is 32.0 Å². The lowest BCUT2D eigenvalue weighted by Gasteiger charge is -2.33. The number of imidazole rings is 1. The number of halogens is 2. The van der Waals surface area contributed by atoms with E-state index >= 15 is 0 Å². The van der Waals surface area contributed by atoms with Crippen LogP contribution in [0.5, 0.6) is 5.75 Å². The van der Waals surface area contributed by atoms with Gasteiger partial charge in [0.1, 0.15) is 17.8 Å². The highest BCUT2D eigenvalue weighted by atomic mass is 19.3. The minimum Gasteiger partial charge on any atom is -0.493 e. The van der Waals surface area contributed by atoms with Crippen LogP contribution in [-0.2, 0) is 15.0 Å². The number of aromatic nitrogens is 2. The fraction of sp³-hybridized carbons (Fsp3) is 0.414. The second kappa shape index (κ2) is 10.5. The molecular formula is C29H30F2N6O4. The van der Waals surface area contributed by atoms with Crippen LogP contribution < -0.4 is 10.1 Å². The lowest BCUT2D eigenvalue weighted by atomic mass is 9.80. The molecule has 0 saturated carbocycles. The SMILES string of the molecule is COc1cc(C(=O)N(C)[C@@H](CC(C)C)C(=O)N2C[C@]3(C[C@H]2C#N)C(=O)Nc2ccccc23)cn2cc(C(F)F)nc12. The van der Waals surface area contributed by atoms with Crippen molar-refractivity contribution in [3.05, 3.63) is 59.5 Å². The van der Waals surface area contributed by atoms with Gasteiger partial charge in [-0.05, 0) is 30.0 Å². The molecule has 2 aromatic heterocycles. The lowest BCUT2D eigenvalue weighted by molar-refractivity contribution is -0.136. The highest BCUT2D eigenvalue weighted by molar-refractivity contribution is 6.07. The molecule has 0 aliphatic carbocycles. The largest absolute Gasteiger partial charge is 0.493 e. The summed E-state index contributed by atoms with van der Waals surface area (Å²) in [6, 6.07) is 9.01. The van der Waals surface area contributed by atoms with E-state index in [2.05, 4.69) is 16.4 Å². The van der Waals surface area contributed by atoms with Crippen LogP contribution in [0, 0.1) is 17.2 Å². The number of ether oxygens (including phenoxy) is 1. The van der Waals surface area contributed by atoms with Crippen molar-refractivity contribution < 1.29 is 27.9 Å². The highest BCUT2D eigenvalue weighted by Crippen LogP contribution is 2.46. The van der Waals surface area contributed by atoms with E-state index in [9.17, 15) is 28.4 Å². The van der Waals surface area contributed by atoms with E-state index in [1.165, 1.54) is 40.6 Å². The number of nitrogens with one attached hydrogen (secondary N) is 1. The molecule has 2 aliphatic heterocycles. The molecular weight excluding hydrogens is 534 g/mol. The molecule has 1 aromatic carbocycles. The third-order valence-corrected chi connectivity index (χ3v) is 7.91. The maximum absolute atomic E-state index is 14.1. The van der Waals surface area contributed by atoms with Gasteiger partial charge in [0.15, 0.2) is 11.4 Å². The summed E-state index contributed by atoms with van der Waals surface area (Å²) in [5, 5.41) is 12.9. The highest BCUT2D eigenvalue weighted by Gasteiger charge is 2.56. The zero-order valence-electron chi connectivity index (χ0n) is 23.1. The maximum Gasteiger partial charge on any atom is 0.281 e. The predicted octanol–water partition coefficient (Wildman–Crippen LogP) is 3.78. The lowest BCUT2D eigenvalue weighted by Crippen LogP contribution is -2.52. The number of alkyl halides is 2. The minimum atomic E-state index is -2.81. The predicted molar refractivity (Wildman–Crippen MR) is 145 cm³/mol. The van der Waals surface area contributed by atoms with E-state index in [-0.39, 0.29) is 41.8 Å². The fourth-order valence-corrected chi connectivity index (χ4v) is 5.85. The quantitative estimate of drug-likeness (QED) is 0.467. The zero-order chi connectivity index (χ0) is 29.6. The number of pyridine rings is 1. The van der Waals surface area contributed by atoms with Gasteiger partial charge in [0.05, 0.1) is 24.2 Å². The van der Waals surface area contributed by atoms with Crippen LogP contribution in [-0.4, -0.2) is 69.7 Å². The Morgan fingerprint density at radius 2 is 2.02 bits per heavy atom. The molecule has 3 atom stereocenters. The summed E-state index contributed by atoms with van der Waals surface area (Å²) >= 11 is 0. The first-order valence-electron chi connectivity index (χ1n) is 13.2. The number of hydrogen-bond acceptors (Lipinski definition) is 6. The smallest absolute Gasteiger partial charge is 0.281 e. The molecule has 1 fully saturated rings. The number of likely N-dealkylation sites (N-methyl/N-ethyl adjacent to an activating group) is 1. The van der Waals surface area contributed by atoms with Gasteiger partial charge in [0.2, 0.25) is 11.8 Å². The number of anilines is 1. The molecule has 0 unspecified atom stereocenters. The Morgan fingerprint density at radius 1 is 1.29 bits per heavy atom. The molecule has 3 amide bonds. The number of carbonyl (C=O) groups is 3. The number of amides is 3. The molecule has 12 heteroatoms. The van der Waals surface area contributed by atoms with Crippen molar-refractivity contribution in [2.24, 2.45) is 5.92 Å². The number of fused-ring (bicyclic) bond motifs is 3. The molecule has 3 aromatic rings. The number of rotatable bonds is 7. The normalized spacial score (nSPS) is 20.4. The van der Waals surface area contributed by atoms with Crippen molar-refractivity contribution in [3.8, 4) is 11.8 Å². The Morgan fingerprint density at radius 3 is 2.68 bits per heavy atom. The number of likely N-dealkylation sites (tertiary alicyclic amines) is 1. The van der Waals surface area contributed by atoms with Gasteiger partial charge in [-0.2, -0.15) is 5.26 Å². The van der Waals surface area contributed by atoms with Gasteiger partial charge >= 0.3 is 0 Å². The minimum absolute atomic E-state index is 0.00562. The second-order valence-corrected chi connectivity index (χ2v) is 11.0. The first-order valence-corrected chi connectivity index (χ1v) is 13.2. The van der Waals surface area contributed by atoms with Gasteiger partial charge in [-0.3, -0.25) is 14.4 Å². The van der Waals surface area contributed by atoms with Gasteiger partial charge < -0.3 is 24.3 Å². The first-order chi connectivity index (χ1) is 19.5. The average molecular weight is 565 g/mol. The van der Waals surface area contributed by atoms with E-state index in [1.54, 1.807) is 6.07 Å². The molecule has 1 saturated heterocycles. The summed E-state index contributed by atoms with van der Waals surface area (Å²) in [6.07, 6.45) is 0.133. The van der Waals surface area contributed by atoms with Crippen LogP contribution in [0.4, 0.5) is 14.5 Å². The van der Waals surface area contributed by atoms with E-state index in [4.69, 9.17) is 4.74 Å². The Labute approximate surface area is 235 Å². The van der Waals surface area contributed by atoms with E-state index in [0.29, 0.717) is 12.1 Å².